The van der Waals surface area contributed by atoms with Crippen LogP contribution in [0.1, 0.15) is 25.5 Å². The normalized spacial score (nSPS) is 19.3. The van der Waals surface area contributed by atoms with Gasteiger partial charge in [0.1, 0.15) is 18.1 Å². The lowest BCUT2D eigenvalue weighted by Gasteiger charge is -2.19. The van der Waals surface area contributed by atoms with Gasteiger partial charge in [-0.3, -0.25) is 0 Å². The van der Waals surface area contributed by atoms with E-state index in [2.05, 4.69) is 35.9 Å². The number of nitrogens with zero attached hydrogens (tertiary/aromatic N) is 1. The highest BCUT2D eigenvalue weighted by Crippen LogP contribution is 2.15. The minimum atomic E-state index is -0.0245. The highest BCUT2D eigenvalue weighted by atomic mass is 16.7. The van der Waals surface area contributed by atoms with Crippen LogP contribution < -0.4 is 15.0 Å². The molecule has 27 heavy (non-hydrogen) atoms. The summed E-state index contributed by atoms with van der Waals surface area (Å²) < 4.78 is 24.1. The number of methoxy groups -OCH3 is 2. The van der Waals surface area contributed by atoms with Crippen molar-refractivity contribution in [3.05, 3.63) is 64.2 Å². The first-order valence-corrected chi connectivity index (χ1v) is 9.25. The Morgan fingerprint density at radius 2 is 2.22 bits per heavy atom. The second-order valence-electron chi connectivity index (χ2n) is 6.63. The lowest BCUT2D eigenvalue weighted by Crippen LogP contribution is -2.48. The van der Waals surface area contributed by atoms with E-state index >= 15 is 0 Å². The van der Waals surface area contributed by atoms with E-state index in [-0.39, 0.29) is 6.10 Å². The van der Waals surface area contributed by atoms with Gasteiger partial charge < -0.3 is 18.9 Å². The average Bonchev–Trinajstić information content (AvgIpc) is 3.18. The number of rotatable bonds is 7. The number of pyridine rings is 1. The molecule has 0 N–H and O–H groups in total. The Hall–Kier alpha value is -2.53. The lowest BCUT2D eigenvalue weighted by molar-refractivity contribution is -0.702. The van der Waals surface area contributed by atoms with E-state index in [1.54, 1.807) is 20.5 Å². The topological polar surface area (TPSA) is 40.8 Å². The van der Waals surface area contributed by atoms with E-state index in [0.29, 0.717) is 6.79 Å². The van der Waals surface area contributed by atoms with Crippen LogP contribution >= 0.6 is 0 Å². The molecule has 1 aromatic heterocycles. The average molecular weight is 370 g/mol. The van der Waals surface area contributed by atoms with E-state index in [1.807, 2.05) is 19.1 Å². The second kappa shape index (κ2) is 8.91. The lowest BCUT2D eigenvalue weighted by atomic mass is 10.0. The molecule has 1 unspecified atom stereocenters. The minimum Gasteiger partial charge on any atom is -0.497 e. The van der Waals surface area contributed by atoms with Crippen LogP contribution in [0, 0.1) is 6.92 Å². The standard InChI is InChI=1S/C22H28NO4/c1-5-6-17(12-19-14-26-15-27-19)9-10-23-13-20-18(11-16(23)2)7-8-21(24-3)22(20)25-4/h5-7,11-14,21H,8-10,15H2,1-4H3/q+1/b6-5-,17-12+. The zero-order chi connectivity index (χ0) is 19.2. The van der Waals surface area contributed by atoms with Crippen LogP contribution in [0.5, 0.6) is 0 Å². The maximum absolute atomic E-state index is 5.67. The van der Waals surface area contributed by atoms with Crippen molar-refractivity contribution in [2.75, 3.05) is 21.0 Å². The molecule has 1 atom stereocenters. The summed E-state index contributed by atoms with van der Waals surface area (Å²) in [5.74, 6) is 1.66. The largest absolute Gasteiger partial charge is 0.497 e. The number of fused-ring (bicyclic) bond motifs is 1. The van der Waals surface area contributed by atoms with Crippen molar-refractivity contribution in [1.82, 2.24) is 0 Å². The predicted octanol–water partition coefficient (Wildman–Crippen LogP) is 1.97. The van der Waals surface area contributed by atoms with Gasteiger partial charge in [-0.2, -0.15) is 0 Å². The van der Waals surface area contributed by atoms with Gasteiger partial charge in [0, 0.05) is 26.5 Å². The van der Waals surface area contributed by atoms with E-state index < -0.39 is 0 Å². The van der Waals surface area contributed by atoms with Gasteiger partial charge in [0.25, 0.3) is 0 Å². The van der Waals surface area contributed by atoms with Crippen molar-refractivity contribution < 1.29 is 23.5 Å². The molecule has 0 fully saturated rings. The smallest absolute Gasteiger partial charge is 0.230 e. The zero-order valence-corrected chi connectivity index (χ0v) is 16.5. The van der Waals surface area contributed by atoms with Gasteiger partial charge in [-0.25, -0.2) is 4.57 Å². The summed E-state index contributed by atoms with van der Waals surface area (Å²) in [6, 6.07) is 2.22. The zero-order valence-electron chi connectivity index (χ0n) is 16.5. The first-order chi connectivity index (χ1) is 13.2. The number of allylic oxidation sites excluding steroid dienone is 4. The third kappa shape index (κ3) is 4.42. The van der Waals surface area contributed by atoms with Crippen LogP contribution in [0.4, 0.5) is 0 Å². The van der Waals surface area contributed by atoms with Crippen molar-refractivity contribution in [1.29, 1.82) is 0 Å². The van der Waals surface area contributed by atoms with Crippen LogP contribution in [0.25, 0.3) is 11.8 Å². The first-order valence-electron chi connectivity index (χ1n) is 9.25. The number of hydrogen-bond acceptors (Lipinski definition) is 4. The highest BCUT2D eigenvalue weighted by molar-refractivity contribution is 5.49. The van der Waals surface area contributed by atoms with Crippen molar-refractivity contribution >= 4 is 11.8 Å². The number of hydrogen-bond donors (Lipinski definition) is 0. The van der Waals surface area contributed by atoms with Crippen LogP contribution in [0.3, 0.4) is 0 Å². The summed E-state index contributed by atoms with van der Waals surface area (Å²) in [5, 5.41) is 2.31. The number of ether oxygens (including phenoxy) is 4. The molecule has 0 bridgehead atoms. The van der Waals surface area contributed by atoms with E-state index in [1.165, 1.54) is 16.5 Å². The summed E-state index contributed by atoms with van der Waals surface area (Å²) in [5.41, 5.74) is 2.41. The maximum atomic E-state index is 5.67. The first kappa shape index (κ1) is 19.2. The molecular formula is C22H28NO4+. The van der Waals surface area contributed by atoms with Crippen LogP contribution in [-0.4, -0.2) is 27.1 Å². The molecule has 0 aromatic carbocycles. The van der Waals surface area contributed by atoms with Crippen molar-refractivity contribution in [2.45, 2.75) is 39.3 Å². The minimum absolute atomic E-state index is 0.0245. The van der Waals surface area contributed by atoms with Crippen LogP contribution in [-0.2, 0) is 25.5 Å². The van der Waals surface area contributed by atoms with E-state index in [4.69, 9.17) is 18.9 Å². The Labute approximate surface area is 160 Å². The van der Waals surface area contributed by atoms with Gasteiger partial charge >= 0.3 is 0 Å². The Kier molecular flexibility index (Phi) is 6.35. The Morgan fingerprint density at radius 3 is 2.89 bits per heavy atom. The monoisotopic (exact) mass is 370 g/mol. The molecule has 1 aliphatic carbocycles. The SMILES string of the molecule is C/C=C\C(=C/C1=COCO1)CC[n+]1cc2c(cc1C)=CCC(OC)C=2OC. The molecule has 5 nitrogen and oxygen atoms in total. The summed E-state index contributed by atoms with van der Waals surface area (Å²) in [7, 11) is 3.44. The molecule has 0 amide bonds. The molecule has 0 saturated carbocycles. The fourth-order valence-corrected chi connectivity index (χ4v) is 3.47. The molecular weight excluding hydrogens is 342 g/mol. The summed E-state index contributed by atoms with van der Waals surface area (Å²) in [4.78, 5) is 0. The van der Waals surface area contributed by atoms with Gasteiger partial charge in [-0.15, -0.1) is 0 Å². The van der Waals surface area contributed by atoms with Crippen LogP contribution in [0.2, 0.25) is 0 Å². The van der Waals surface area contributed by atoms with Gasteiger partial charge in [-0.1, -0.05) is 18.2 Å². The molecule has 1 aliphatic heterocycles. The Balaban J connectivity index is 1.89. The molecule has 144 valence electrons. The van der Waals surface area contributed by atoms with Crippen LogP contribution in [0.15, 0.2) is 48.1 Å². The molecule has 0 radical (unpaired) electrons. The highest BCUT2D eigenvalue weighted by Gasteiger charge is 2.21. The molecule has 0 spiro atoms. The molecule has 1 aromatic rings. The van der Waals surface area contributed by atoms with E-state index in [9.17, 15) is 0 Å². The molecule has 2 aliphatic rings. The molecule has 0 saturated heterocycles. The van der Waals surface area contributed by atoms with Gasteiger partial charge in [0.2, 0.25) is 6.79 Å². The van der Waals surface area contributed by atoms with Gasteiger partial charge in [0.15, 0.2) is 24.2 Å². The fourth-order valence-electron chi connectivity index (χ4n) is 3.47. The maximum Gasteiger partial charge on any atom is 0.230 e. The molecule has 3 rings (SSSR count). The number of aromatic nitrogens is 1. The van der Waals surface area contributed by atoms with Gasteiger partial charge in [0.05, 0.1) is 12.3 Å². The number of aryl methyl sites for hydroxylation is 2. The molecule has 2 heterocycles. The van der Waals surface area contributed by atoms with Crippen molar-refractivity contribution in [3.8, 4) is 0 Å². The van der Waals surface area contributed by atoms with Gasteiger partial charge in [-0.05, 0) is 30.2 Å². The Bertz CT molecular complexity index is 896. The molecule has 5 heteroatoms. The fraction of sp³-hybridized carbons (Fsp3) is 0.409. The third-order valence-electron chi connectivity index (χ3n) is 4.87. The predicted molar refractivity (Wildman–Crippen MR) is 104 cm³/mol. The summed E-state index contributed by atoms with van der Waals surface area (Å²) in [6.07, 6.45) is 13.9. The van der Waals surface area contributed by atoms with Crippen molar-refractivity contribution in [3.63, 3.8) is 0 Å². The summed E-state index contributed by atoms with van der Waals surface area (Å²) in [6.45, 7) is 5.31. The Morgan fingerprint density at radius 1 is 1.37 bits per heavy atom. The third-order valence-corrected chi connectivity index (χ3v) is 4.87. The second-order valence-corrected chi connectivity index (χ2v) is 6.63. The van der Waals surface area contributed by atoms with Crippen molar-refractivity contribution in [2.24, 2.45) is 0 Å². The summed E-state index contributed by atoms with van der Waals surface area (Å²) >= 11 is 0. The quantitative estimate of drug-likeness (QED) is 0.544. The van der Waals surface area contributed by atoms with E-state index in [0.717, 1.165) is 36.1 Å².